The number of amides is 2. The van der Waals surface area contributed by atoms with Crippen molar-refractivity contribution in [2.24, 2.45) is 17.3 Å². The van der Waals surface area contributed by atoms with Crippen LogP contribution in [-0.2, 0) is 25.3 Å². The van der Waals surface area contributed by atoms with Gasteiger partial charge < -0.3 is 19.9 Å². The van der Waals surface area contributed by atoms with E-state index in [2.05, 4.69) is 36.4 Å². The van der Waals surface area contributed by atoms with Gasteiger partial charge in [0.05, 0.1) is 23.8 Å². The Kier molecular flexibility index (Phi) is 5.25. The number of aryl methyl sites for hydroxylation is 1. The lowest BCUT2D eigenvalue weighted by atomic mass is 9.43. The molecule has 0 spiro atoms. The number of anilines is 1. The monoisotopic (exact) mass is 456 g/mol. The molecule has 1 aromatic heterocycles. The van der Waals surface area contributed by atoms with Gasteiger partial charge in [-0.25, -0.2) is 4.98 Å². The van der Waals surface area contributed by atoms with E-state index in [-0.39, 0.29) is 40.6 Å². The van der Waals surface area contributed by atoms with Crippen LogP contribution in [0.3, 0.4) is 0 Å². The number of hydrogen-bond donors (Lipinski definition) is 2. The first kappa shape index (κ1) is 22.6. The Bertz CT molecular complexity index is 1060. The van der Waals surface area contributed by atoms with Gasteiger partial charge in [0, 0.05) is 13.3 Å². The molecule has 2 amide bonds. The lowest BCUT2D eigenvalue weighted by Crippen LogP contribution is -2.65. The summed E-state index contributed by atoms with van der Waals surface area (Å²) in [6, 6.07) is -0.672. The first-order valence-electron chi connectivity index (χ1n) is 12.1. The third kappa shape index (κ3) is 3.36. The molecule has 6 rings (SSSR count). The fraction of sp³-hybridized carbons (Fsp3) is 0.739. The molecule has 3 saturated carbocycles. The second-order valence-electron chi connectivity index (χ2n) is 10.9. The average Bonchev–Trinajstić information content (AvgIpc) is 3.34. The summed E-state index contributed by atoms with van der Waals surface area (Å²) in [6.07, 6.45) is 5.23. The zero-order chi connectivity index (χ0) is 23.7. The van der Waals surface area contributed by atoms with E-state index in [1.807, 2.05) is 6.92 Å². The largest absolute Gasteiger partial charge is 0.481 e. The highest BCUT2D eigenvalue weighted by Crippen LogP contribution is 2.65. The first-order chi connectivity index (χ1) is 15.6. The maximum atomic E-state index is 13.3. The summed E-state index contributed by atoms with van der Waals surface area (Å²) in [5, 5.41) is 5.59. The van der Waals surface area contributed by atoms with Crippen LogP contribution in [0.25, 0.3) is 0 Å². The normalized spacial score (nSPS) is 34.2. The highest BCUT2D eigenvalue weighted by Gasteiger charge is 2.68. The van der Waals surface area contributed by atoms with Gasteiger partial charge in [-0.05, 0) is 49.9 Å². The maximum Gasteiger partial charge on any atom is 0.481 e. The molecular weight excluding hydrogens is 423 g/mol. The summed E-state index contributed by atoms with van der Waals surface area (Å²) in [5.41, 5.74) is -0.412. The zero-order valence-corrected chi connectivity index (χ0v) is 20.0. The molecule has 4 fully saturated rings. The third-order valence-corrected chi connectivity index (χ3v) is 8.70. The van der Waals surface area contributed by atoms with Crippen molar-refractivity contribution in [1.29, 1.82) is 0 Å². The number of aromatic nitrogens is 2. The highest BCUT2D eigenvalue weighted by atomic mass is 16.7. The number of hydrogen-bond acceptors (Lipinski definition) is 6. The van der Waals surface area contributed by atoms with Crippen molar-refractivity contribution in [3.8, 4) is 0 Å². The van der Waals surface area contributed by atoms with E-state index in [4.69, 9.17) is 9.31 Å². The van der Waals surface area contributed by atoms with E-state index in [0.29, 0.717) is 36.9 Å². The van der Waals surface area contributed by atoms with Crippen LogP contribution in [0, 0.1) is 17.3 Å². The molecule has 9 nitrogen and oxygen atoms in total. The van der Waals surface area contributed by atoms with Crippen LogP contribution < -0.4 is 16.2 Å². The lowest BCUT2D eigenvalue weighted by molar-refractivity contribution is -0.199. The minimum absolute atomic E-state index is 0.0458. The van der Waals surface area contributed by atoms with Crippen LogP contribution in [0.15, 0.2) is 11.0 Å². The van der Waals surface area contributed by atoms with Crippen molar-refractivity contribution in [3.63, 3.8) is 0 Å². The maximum absolute atomic E-state index is 13.3. The molecule has 0 unspecified atom stereocenters. The van der Waals surface area contributed by atoms with Crippen molar-refractivity contribution >= 4 is 24.6 Å². The minimum Gasteiger partial charge on any atom is -0.404 e. The summed E-state index contributed by atoms with van der Waals surface area (Å²) in [4.78, 5) is 41.9. The Morgan fingerprint density at radius 1 is 1.33 bits per heavy atom. The van der Waals surface area contributed by atoms with Gasteiger partial charge in [-0.3, -0.25) is 19.0 Å². The summed E-state index contributed by atoms with van der Waals surface area (Å²) >= 11 is 0. The molecule has 3 aliphatic carbocycles. The molecule has 5 aliphatic rings. The Hall–Kier alpha value is -2.20. The van der Waals surface area contributed by atoms with Crippen LogP contribution >= 0.6 is 0 Å². The van der Waals surface area contributed by atoms with Gasteiger partial charge in [-0.1, -0.05) is 20.8 Å². The molecular formula is C23H33BN4O5. The molecule has 2 bridgehead atoms. The van der Waals surface area contributed by atoms with Crippen LogP contribution in [0.2, 0.25) is 0 Å². The van der Waals surface area contributed by atoms with Gasteiger partial charge in [-0.2, -0.15) is 0 Å². The quantitative estimate of drug-likeness (QED) is 0.655. The molecule has 6 atom stereocenters. The number of nitrogens with zero attached hydrogens (tertiary/aromatic N) is 2. The highest BCUT2D eigenvalue weighted by molar-refractivity contribution is 6.47. The molecule has 2 N–H and O–H groups in total. The molecule has 2 aliphatic heterocycles. The number of rotatable bonds is 5. The molecule has 178 valence electrons. The van der Waals surface area contributed by atoms with Gasteiger partial charge in [-0.15, -0.1) is 0 Å². The Morgan fingerprint density at radius 2 is 2.09 bits per heavy atom. The van der Waals surface area contributed by atoms with Crippen molar-refractivity contribution in [2.75, 3.05) is 5.32 Å². The van der Waals surface area contributed by atoms with E-state index in [9.17, 15) is 14.4 Å². The number of nitrogens with one attached hydrogen (secondary N) is 2. The Balaban J connectivity index is 1.32. The summed E-state index contributed by atoms with van der Waals surface area (Å²) < 4.78 is 14.3. The predicted molar refractivity (Wildman–Crippen MR) is 122 cm³/mol. The summed E-state index contributed by atoms with van der Waals surface area (Å²) in [6.45, 7) is 10.1. The smallest absolute Gasteiger partial charge is 0.404 e. The molecule has 1 aromatic rings. The molecule has 0 radical (unpaired) electrons. The minimum atomic E-state index is -0.672. The summed E-state index contributed by atoms with van der Waals surface area (Å²) in [7, 11) is -0.509. The Morgan fingerprint density at radius 3 is 2.76 bits per heavy atom. The van der Waals surface area contributed by atoms with E-state index in [1.165, 1.54) is 24.1 Å². The summed E-state index contributed by atoms with van der Waals surface area (Å²) in [5.74, 6) is 0.741. The van der Waals surface area contributed by atoms with Gasteiger partial charge in [0.15, 0.2) is 0 Å². The average molecular weight is 456 g/mol. The SMILES string of the molecule is CC[C@H](NC(=O)[C@@H]1CCc2ncc(NC(C)=O)c(=O)n21)B1O[C@@H]2C[C@@H]3C[C@@H](C3(C)C)[C@]2(C)O1. The van der Waals surface area contributed by atoms with Crippen molar-refractivity contribution < 1.29 is 18.9 Å². The lowest BCUT2D eigenvalue weighted by Gasteiger charge is -2.64. The van der Waals surface area contributed by atoms with Gasteiger partial charge >= 0.3 is 7.12 Å². The van der Waals surface area contributed by atoms with Gasteiger partial charge in [0.1, 0.15) is 17.6 Å². The van der Waals surface area contributed by atoms with Crippen LogP contribution in [0.1, 0.15) is 72.2 Å². The first-order valence-corrected chi connectivity index (χ1v) is 12.1. The number of carbonyl (C=O) groups excluding carboxylic acids is 2. The van der Waals surface area contributed by atoms with Crippen LogP contribution in [0.5, 0.6) is 0 Å². The van der Waals surface area contributed by atoms with E-state index in [1.54, 1.807) is 0 Å². The molecule has 3 heterocycles. The molecule has 33 heavy (non-hydrogen) atoms. The number of fused-ring (bicyclic) bond motifs is 1. The fourth-order valence-electron chi connectivity index (χ4n) is 6.64. The van der Waals surface area contributed by atoms with E-state index < -0.39 is 18.7 Å². The topological polar surface area (TPSA) is 112 Å². The van der Waals surface area contributed by atoms with Crippen LogP contribution in [-0.4, -0.2) is 46.1 Å². The van der Waals surface area contributed by atoms with Crippen LogP contribution in [0.4, 0.5) is 5.69 Å². The van der Waals surface area contributed by atoms with Crippen molar-refractivity contribution in [2.45, 2.75) is 90.4 Å². The second kappa shape index (κ2) is 7.66. The zero-order valence-electron chi connectivity index (χ0n) is 20.0. The molecule has 1 saturated heterocycles. The molecule has 0 aromatic carbocycles. The van der Waals surface area contributed by atoms with Gasteiger partial charge in [0.25, 0.3) is 5.56 Å². The fourth-order valence-corrected chi connectivity index (χ4v) is 6.64. The van der Waals surface area contributed by atoms with E-state index in [0.717, 1.165) is 6.42 Å². The third-order valence-electron chi connectivity index (χ3n) is 8.70. The van der Waals surface area contributed by atoms with Gasteiger partial charge in [0.2, 0.25) is 11.8 Å². The number of carbonyl (C=O) groups is 2. The molecule has 10 heteroatoms. The van der Waals surface area contributed by atoms with Crippen molar-refractivity contribution in [3.05, 3.63) is 22.4 Å². The van der Waals surface area contributed by atoms with E-state index >= 15 is 0 Å². The predicted octanol–water partition coefficient (Wildman–Crippen LogP) is 1.85. The second-order valence-corrected chi connectivity index (χ2v) is 10.9. The van der Waals surface area contributed by atoms with Crippen molar-refractivity contribution in [1.82, 2.24) is 14.9 Å². The standard InChI is InChI=1S/C23H33BN4O5/c1-6-18(24-32-17-10-13-9-16(22(13,3)4)23(17,5)33-24)27-20(30)15-7-8-19-25-11-14(26-12(2)29)21(31)28(15)19/h11,13,15-18H,6-10H2,1-5H3,(H,26,29)(H,27,30)/t13-,15-,16-,17+,18-,23-/m0/s1. The Labute approximate surface area is 194 Å².